The van der Waals surface area contributed by atoms with Crippen LogP contribution < -0.4 is 0 Å². The Morgan fingerprint density at radius 2 is 2.04 bits per heavy atom. The van der Waals surface area contributed by atoms with Crippen molar-refractivity contribution in [2.75, 3.05) is 13.1 Å². The van der Waals surface area contributed by atoms with Crippen LogP contribution in [0, 0.1) is 0 Å². The average molecular weight is 317 g/mol. The van der Waals surface area contributed by atoms with Crippen LogP contribution in [-0.2, 0) is 19.4 Å². The van der Waals surface area contributed by atoms with Gasteiger partial charge < -0.3 is 4.57 Å². The summed E-state index contributed by atoms with van der Waals surface area (Å²) in [4.78, 5) is 6.96. The van der Waals surface area contributed by atoms with E-state index in [-0.39, 0.29) is 0 Å². The molecule has 122 valence electrons. The molecule has 0 amide bonds. The predicted molar refractivity (Wildman–Crippen MR) is 97.1 cm³/mol. The summed E-state index contributed by atoms with van der Waals surface area (Å²) in [5, 5.41) is 1.48. The zero-order chi connectivity index (χ0) is 15.9. The second kappa shape index (κ2) is 5.75. The average Bonchev–Trinajstić information content (AvgIpc) is 3.23. The molecule has 1 atom stereocenters. The minimum absolute atomic E-state index is 0.651. The Labute approximate surface area is 142 Å². The van der Waals surface area contributed by atoms with Crippen molar-refractivity contribution in [2.45, 2.75) is 38.3 Å². The molecule has 1 fully saturated rings. The van der Waals surface area contributed by atoms with Crippen molar-refractivity contribution in [3.63, 3.8) is 0 Å². The lowest BCUT2D eigenvalue weighted by Crippen LogP contribution is -2.31. The first-order chi connectivity index (χ1) is 11.9. The second-order valence-electron chi connectivity index (χ2n) is 7.08. The number of para-hydroxylation sites is 1. The van der Waals surface area contributed by atoms with Gasteiger partial charge in [0.1, 0.15) is 0 Å². The maximum atomic E-state index is 4.26. The number of nitrogens with zero attached hydrogens (tertiary/aromatic N) is 3. The van der Waals surface area contributed by atoms with Gasteiger partial charge in [-0.1, -0.05) is 24.3 Å². The molecule has 3 aromatic rings. The van der Waals surface area contributed by atoms with Crippen molar-refractivity contribution < 1.29 is 0 Å². The smallest absolute Gasteiger partial charge is 0.0486 e. The van der Waals surface area contributed by atoms with E-state index in [1.807, 2.05) is 18.5 Å². The molecular weight excluding hydrogens is 294 g/mol. The number of pyridine rings is 1. The molecule has 24 heavy (non-hydrogen) atoms. The number of aromatic nitrogens is 2. The molecule has 0 spiro atoms. The number of fused-ring (bicyclic) bond motifs is 5. The Hall–Kier alpha value is -2.13. The Morgan fingerprint density at radius 1 is 1.08 bits per heavy atom. The van der Waals surface area contributed by atoms with Gasteiger partial charge >= 0.3 is 0 Å². The van der Waals surface area contributed by atoms with Crippen LogP contribution in [0.4, 0.5) is 0 Å². The Bertz CT molecular complexity index is 865. The van der Waals surface area contributed by atoms with Crippen LogP contribution in [0.2, 0.25) is 0 Å². The highest BCUT2D eigenvalue weighted by atomic mass is 15.2. The van der Waals surface area contributed by atoms with E-state index < -0.39 is 0 Å². The Balaban J connectivity index is 1.59. The highest BCUT2D eigenvalue weighted by Gasteiger charge is 2.34. The molecular formula is C21H23N3. The zero-order valence-corrected chi connectivity index (χ0v) is 14.0. The molecule has 2 aromatic heterocycles. The normalized spacial score (nSPS) is 20.2. The van der Waals surface area contributed by atoms with Crippen LogP contribution >= 0.6 is 0 Å². The molecule has 0 N–H and O–H groups in total. The van der Waals surface area contributed by atoms with E-state index in [0.29, 0.717) is 6.04 Å². The van der Waals surface area contributed by atoms with E-state index >= 15 is 0 Å². The van der Waals surface area contributed by atoms with Gasteiger partial charge in [-0.15, -0.1) is 0 Å². The summed E-state index contributed by atoms with van der Waals surface area (Å²) in [6.45, 7) is 3.55. The third-order valence-corrected chi connectivity index (χ3v) is 5.80. The summed E-state index contributed by atoms with van der Waals surface area (Å²) in [7, 11) is 0. The Morgan fingerprint density at radius 3 is 2.96 bits per heavy atom. The topological polar surface area (TPSA) is 21.1 Å². The standard InChI is InChI=1S/C21H23N3/c1-2-7-18-17(6-1)21-19-8-4-12-23(19)13-10-20(21)24(18)14-9-16-5-3-11-22-15-16/h1-3,5-7,11,15,19H,4,8-10,12-14H2. The molecule has 0 bridgehead atoms. The second-order valence-corrected chi connectivity index (χ2v) is 7.08. The molecule has 3 heteroatoms. The van der Waals surface area contributed by atoms with Gasteiger partial charge in [-0.05, 0) is 49.1 Å². The fraction of sp³-hybridized carbons (Fsp3) is 0.381. The minimum atomic E-state index is 0.651. The lowest BCUT2D eigenvalue weighted by molar-refractivity contribution is 0.242. The van der Waals surface area contributed by atoms with Gasteiger partial charge in [0.25, 0.3) is 0 Å². The van der Waals surface area contributed by atoms with Crippen LogP contribution in [0.1, 0.15) is 35.7 Å². The molecule has 2 aliphatic heterocycles. The number of hydrogen-bond donors (Lipinski definition) is 0. The third-order valence-electron chi connectivity index (χ3n) is 5.80. The van der Waals surface area contributed by atoms with Crippen LogP contribution in [0.15, 0.2) is 48.8 Å². The third kappa shape index (κ3) is 2.19. The molecule has 1 unspecified atom stereocenters. The van der Waals surface area contributed by atoms with Crippen molar-refractivity contribution in [1.29, 1.82) is 0 Å². The molecule has 1 aromatic carbocycles. The van der Waals surface area contributed by atoms with E-state index in [1.54, 1.807) is 11.3 Å². The van der Waals surface area contributed by atoms with Crippen molar-refractivity contribution in [3.05, 3.63) is 65.6 Å². The molecule has 3 nitrogen and oxygen atoms in total. The summed E-state index contributed by atoms with van der Waals surface area (Å²) in [6.07, 6.45) is 8.76. The van der Waals surface area contributed by atoms with Crippen molar-refractivity contribution >= 4 is 10.9 Å². The van der Waals surface area contributed by atoms with E-state index in [2.05, 4.69) is 44.8 Å². The van der Waals surface area contributed by atoms with Crippen LogP contribution in [-0.4, -0.2) is 27.5 Å². The fourth-order valence-corrected chi connectivity index (χ4v) is 4.74. The van der Waals surface area contributed by atoms with E-state index in [1.165, 1.54) is 48.8 Å². The van der Waals surface area contributed by atoms with Gasteiger partial charge in [-0.2, -0.15) is 0 Å². The molecule has 0 saturated carbocycles. The highest BCUT2D eigenvalue weighted by Crippen LogP contribution is 2.42. The maximum absolute atomic E-state index is 4.26. The number of aryl methyl sites for hydroxylation is 2. The lowest BCUT2D eigenvalue weighted by Gasteiger charge is -2.31. The van der Waals surface area contributed by atoms with Crippen LogP contribution in [0.5, 0.6) is 0 Å². The number of hydrogen-bond acceptors (Lipinski definition) is 2. The van der Waals surface area contributed by atoms with E-state index in [4.69, 9.17) is 0 Å². The van der Waals surface area contributed by atoms with Gasteiger partial charge in [0.15, 0.2) is 0 Å². The molecule has 2 aliphatic rings. The highest BCUT2D eigenvalue weighted by molar-refractivity contribution is 5.86. The molecule has 0 radical (unpaired) electrons. The summed E-state index contributed by atoms with van der Waals surface area (Å²) in [5.41, 5.74) is 5.95. The summed E-state index contributed by atoms with van der Waals surface area (Å²) < 4.78 is 2.59. The van der Waals surface area contributed by atoms with Crippen molar-refractivity contribution in [2.24, 2.45) is 0 Å². The first-order valence-corrected chi connectivity index (χ1v) is 9.15. The summed E-state index contributed by atoms with van der Waals surface area (Å²) >= 11 is 0. The van der Waals surface area contributed by atoms with Gasteiger partial charge in [-0.3, -0.25) is 9.88 Å². The monoisotopic (exact) mass is 317 g/mol. The number of rotatable bonds is 3. The SMILES string of the molecule is c1cncc(CCn2c3c(c4ccccc42)C2CCCN2CC3)c1. The zero-order valence-electron chi connectivity index (χ0n) is 14.0. The van der Waals surface area contributed by atoms with Gasteiger partial charge in [0.2, 0.25) is 0 Å². The maximum Gasteiger partial charge on any atom is 0.0486 e. The van der Waals surface area contributed by atoms with Crippen LogP contribution in [0.3, 0.4) is 0 Å². The quantitative estimate of drug-likeness (QED) is 0.729. The minimum Gasteiger partial charge on any atom is -0.344 e. The van der Waals surface area contributed by atoms with Gasteiger partial charge in [0.05, 0.1) is 0 Å². The van der Waals surface area contributed by atoms with E-state index in [0.717, 1.165) is 13.0 Å². The number of benzene rings is 1. The summed E-state index contributed by atoms with van der Waals surface area (Å²) in [6, 6.07) is 13.9. The van der Waals surface area contributed by atoms with Crippen molar-refractivity contribution in [1.82, 2.24) is 14.5 Å². The fourth-order valence-electron chi connectivity index (χ4n) is 4.74. The molecule has 4 heterocycles. The van der Waals surface area contributed by atoms with Crippen molar-refractivity contribution in [3.8, 4) is 0 Å². The first-order valence-electron chi connectivity index (χ1n) is 9.15. The molecule has 5 rings (SSSR count). The molecule has 1 saturated heterocycles. The van der Waals surface area contributed by atoms with Gasteiger partial charge in [0, 0.05) is 54.5 Å². The predicted octanol–water partition coefficient (Wildman–Crippen LogP) is 3.97. The molecule has 0 aliphatic carbocycles. The van der Waals surface area contributed by atoms with Gasteiger partial charge in [-0.25, -0.2) is 0 Å². The lowest BCUT2D eigenvalue weighted by atomic mass is 9.96. The largest absolute Gasteiger partial charge is 0.344 e. The Kier molecular flexibility index (Phi) is 3.41. The first kappa shape index (κ1) is 14.2. The van der Waals surface area contributed by atoms with Crippen LogP contribution in [0.25, 0.3) is 10.9 Å². The van der Waals surface area contributed by atoms with E-state index in [9.17, 15) is 0 Å². The summed E-state index contributed by atoms with van der Waals surface area (Å²) in [5.74, 6) is 0.